The molecule has 1 atom stereocenters. The number of rotatable bonds is 11. The molecular weight excluding hydrogens is 484 g/mol. The third kappa shape index (κ3) is 6.07. The lowest BCUT2D eigenvalue weighted by atomic mass is 10.1. The smallest absolute Gasteiger partial charge is 0.236 e. The van der Waals surface area contributed by atoms with Crippen LogP contribution in [0.5, 0.6) is 17.2 Å². The molecule has 1 saturated heterocycles. The maximum Gasteiger partial charge on any atom is 0.236 e. The first-order valence-corrected chi connectivity index (χ1v) is 13.0. The van der Waals surface area contributed by atoms with Crippen molar-refractivity contribution in [3.05, 3.63) is 65.2 Å². The van der Waals surface area contributed by atoms with Crippen molar-refractivity contribution in [2.24, 2.45) is 0 Å². The normalized spacial score (nSPS) is 16.1. The van der Waals surface area contributed by atoms with Crippen molar-refractivity contribution >= 4 is 16.1 Å². The van der Waals surface area contributed by atoms with E-state index in [4.69, 9.17) is 23.5 Å². The molecule has 0 amide bonds. The van der Waals surface area contributed by atoms with Gasteiger partial charge in [0.15, 0.2) is 17.3 Å². The minimum Gasteiger partial charge on any atom is -0.493 e. The molecule has 0 radical (unpaired) electrons. The Hall–Kier alpha value is -3.34. The second kappa shape index (κ2) is 11.6. The molecule has 0 N–H and O–H groups in total. The van der Waals surface area contributed by atoms with Crippen molar-refractivity contribution in [1.82, 2.24) is 9.46 Å². The molecule has 2 aromatic carbocycles. The van der Waals surface area contributed by atoms with Crippen LogP contribution in [0.2, 0.25) is 0 Å². The number of hydrogen-bond acceptors (Lipinski definition) is 8. The zero-order valence-corrected chi connectivity index (χ0v) is 21.4. The van der Waals surface area contributed by atoms with Gasteiger partial charge < -0.3 is 23.5 Å². The van der Waals surface area contributed by atoms with E-state index < -0.39 is 10.0 Å². The minimum atomic E-state index is -3.76. The molecule has 1 unspecified atom stereocenters. The number of methoxy groups -OCH3 is 3. The van der Waals surface area contributed by atoms with Gasteiger partial charge in [-0.1, -0.05) is 35.5 Å². The Labute approximate surface area is 211 Å². The number of hydrogen-bond donors (Lipinski definition) is 0. The van der Waals surface area contributed by atoms with Crippen molar-refractivity contribution < 1.29 is 31.9 Å². The second-order valence-electron chi connectivity index (χ2n) is 8.28. The van der Waals surface area contributed by atoms with Gasteiger partial charge in [-0.2, -0.15) is 4.31 Å². The molecule has 3 aromatic rings. The highest BCUT2D eigenvalue weighted by Crippen LogP contribution is 2.41. The first-order valence-electron chi connectivity index (χ1n) is 11.5. The summed E-state index contributed by atoms with van der Waals surface area (Å²) in [5.41, 5.74) is 1.92. The van der Waals surface area contributed by atoms with Crippen molar-refractivity contribution in [2.45, 2.75) is 25.5 Å². The average Bonchev–Trinajstić information content (AvgIpc) is 3.59. The van der Waals surface area contributed by atoms with E-state index in [1.165, 1.54) is 31.0 Å². The summed E-state index contributed by atoms with van der Waals surface area (Å²) in [6, 6.07) is 14.5. The molecule has 1 aliphatic heterocycles. The summed E-state index contributed by atoms with van der Waals surface area (Å²) in [6.45, 7) is 0.900. The molecular formula is C26H30N2O7S. The Bertz CT molecular complexity index is 1260. The zero-order valence-electron chi connectivity index (χ0n) is 20.5. The van der Waals surface area contributed by atoms with Gasteiger partial charge in [0.1, 0.15) is 0 Å². The Kier molecular flexibility index (Phi) is 8.29. The first-order chi connectivity index (χ1) is 17.4. The molecule has 1 aliphatic rings. The number of aromatic nitrogens is 1. The second-order valence-corrected chi connectivity index (χ2v) is 10.1. The summed E-state index contributed by atoms with van der Waals surface area (Å²) < 4.78 is 55.4. The molecule has 9 nitrogen and oxygen atoms in total. The summed E-state index contributed by atoms with van der Waals surface area (Å²) in [5, 5.41) is 5.35. The predicted molar refractivity (Wildman–Crippen MR) is 135 cm³/mol. The van der Waals surface area contributed by atoms with Gasteiger partial charge in [0.05, 0.1) is 39.7 Å². The third-order valence-electron chi connectivity index (χ3n) is 5.87. The third-order valence-corrected chi connectivity index (χ3v) is 7.35. The monoisotopic (exact) mass is 514 g/mol. The number of nitrogens with zero attached hydrogens (tertiary/aromatic N) is 2. The van der Waals surface area contributed by atoms with Gasteiger partial charge in [-0.3, -0.25) is 0 Å². The van der Waals surface area contributed by atoms with E-state index in [2.05, 4.69) is 5.16 Å². The SMILES string of the molecule is COc1cc(-c2cc(CN(CC3CCCO3)S(=O)(=O)/C=C/c3ccccc3)no2)cc(OC)c1OC. The van der Waals surface area contributed by atoms with Crippen LogP contribution in [0, 0.1) is 0 Å². The van der Waals surface area contributed by atoms with Gasteiger partial charge in [0.25, 0.3) is 0 Å². The molecule has 1 fully saturated rings. The van der Waals surface area contributed by atoms with E-state index in [0.29, 0.717) is 40.9 Å². The van der Waals surface area contributed by atoms with E-state index in [9.17, 15) is 8.42 Å². The number of sulfonamides is 1. The average molecular weight is 515 g/mol. The van der Waals surface area contributed by atoms with Crippen molar-refractivity contribution in [3.8, 4) is 28.6 Å². The van der Waals surface area contributed by atoms with Crippen LogP contribution in [0.15, 0.2) is 58.5 Å². The van der Waals surface area contributed by atoms with E-state index in [1.807, 2.05) is 30.3 Å². The molecule has 1 aromatic heterocycles. The van der Waals surface area contributed by atoms with Gasteiger partial charge in [-0.05, 0) is 36.6 Å². The highest BCUT2D eigenvalue weighted by molar-refractivity contribution is 7.92. The van der Waals surface area contributed by atoms with Crippen molar-refractivity contribution in [2.75, 3.05) is 34.5 Å². The molecule has 192 valence electrons. The van der Waals surface area contributed by atoms with Gasteiger partial charge in [0, 0.05) is 30.2 Å². The quantitative estimate of drug-likeness (QED) is 0.372. The summed E-state index contributed by atoms with van der Waals surface area (Å²) in [4.78, 5) is 0. The fourth-order valence-corrected chi connectivity index (χ4v) is 5.20. The molecule has 4 rings (SSSR count). The van der Waals surface area contributed by atoms with E-state index in [0.717, 1.165) is 18.4 Å². The molecule has 36 heavy (non-hydrogen) atoms. The lowest BCUT2D eigenvalue weighted by Gasteiger charge is -2.22. The molecule has 0 bridgehead atoms. The zero-order chi connectivity index (χ0) is 25.5. The molecule has 0 spiro atoms. The Morgan fingerprint density at radius 1 is 1.06 bits per heavy atom. The maximum atomic E-state index is 13.3. The van der Waals surface area contributed by atoms with E-state index in [-0.39, 0.29) is 19.2 Å². The van der Waals surface area contributed by atoms with Crippen LogP contribution in [-0.4, -0.2) is 58.5 Å². The summed E-state index contributed by atoms with van der Waals surface area (Å²) in [7, 11) is 0.835. The van der Waals surface area contributed by atoms with Crippen LogP contribution in [0.1, 0.15) is 24.1 Å². The fourth-order valence-electron chi connectivity index (χ4n) is 4.02. The van der Waals surface area contributed by atoms with Crippen LogP contribution in [0.25, 0.3) is 17.4 Å². The Morgan fingerprint density at radius 2 is 1.78 bits per heavy atom. The van der Waals surface area contributed by atoms with Crippen molar-refractivity contribution in [1.29, 1.82) is 0 Å². The van der Waals surface area contributed by atoms with Crippen LogP contribution in [-0.2, 0) is 21.3 Å². The van der Waals surface area contributed by atoms with E-state index >= 15 is 0 Å². The van der Waals surface area contributed by atoms with Crippen molar-refractivity contribution in [3.63, 3.8) is 0 Å². The summed E-state index contributed by atoms with van der Waals surface area (Å²) in [5.74, 6) is 1.85. The lowest BCUT2D eigenvalue weighted by molar-refractivity contribution is 0.0925. The van der Waals surface area contributed by atoms with Crippen LogP contribution >= 0.6 is 0 Å². The Morgan fingerprint density at radius 3 is 2.39 bits per heavy atom. The van der Waals surface area contributed by atoms with Gasteiger partial charge in [0.2, 0.25) is 15.8 Å². The van der Waals surface area contributed by atoms with Gasteiger partial charge in [-0.25, -0.2) is 8.42 Å². The molecule has 10 heteroatoms. The minimum absolute atomic E-state index is 0.0370. The molecule has 0 aliphatic carbocycles. The largest absolute Gasteiger partial charge is 0.493 e. The maximum absolute atomic E-state index is 13.3. The number of ether oxygens (including phenoxy) is 4. The van der Waals surface area contributed by atoms with Crippen LogP contribution in [0.4, 0.5) is 0 Å². The standard InChI is InChI=1S/C26H30N2O7S/c1-31-24-14-20(15-25(32-2)26(24)33-3)23-16-21(27-35-23)17-28(18-22-10-7-12-34-22)36(29,30)13-11-19-8-5-4-6-9-19/h4-6,8-9,11,13-16,22H,7,10,12,17-18H2,1-3H3/b13-11+. The van der Waals surface area contributed by atoms with E-state index in [1.54, 1.807) is 24.3 Å². The summed E-state index contributed by atoms with van der Waals surface area (Å²) in [6.07, 6.45) is 3.14. The number of benzene rings is 2. The highest BCUT2D eigenvalue weighted by atomic mass is 32.2. The summed E-state index contributed by atoms with van der Waals surface area (Å²) >= 11 is 0. The first kappa shape index (κ1) is 25.7. The molecule has 2 heterocycles. The lowest BCUT2D eigenvalue weighted by Crippen LogP contribution is -2.35. The Balaban J connectivity index is 1.59. The fraction of sp³-hybridized carbons (Fsp3) is 0.346. The topological polar surface area (TPSA) is 100 Å². The predicted octanol–water partition coefficient (Wildman–Crippen LogP) is 4.35. The van der Waals surface area contributed by atoms with Crippen LogP contribution in [0.3, 0.4) is 0 Å². The van der Waals surface area contributed by atoms with Gasteiger partial charge in [-0.15, -0.1) is 0 Å². The highest BCUT2D eigenvalue weighted by Gasteiger charge is 2.27. The van der Waals surface area contributed by atoms with Crippen LogP contribution < -0.4 is 14.2 Å². The molecule has 0 saturated carbocycles. The van der Waals surface area contributed by atoms with Gasteiger partial charge >= 0.3 is 0 Å².